The second-order valence-electron chi connectivity index (χ2n) is 8.15. The van der Waals surface area contributed by atoms with Crippen molar-refractivity contribution in [2.45, 2.75) is 39.3 Å². The van der Waals surface area contributed by atoms with Crippen LogP contribution >= 0.6 is 0 Å². The van der Waals surface area contributed by atoms with Gasteiger partial charge in [0.1, 0.15) is 11.3 Å². The number of amides is 1. The molecule has 0 spiro atoms. The fourth-order valence-electron chi connectivity index (χ4n) is 3.96. The largest absolute Gasteiger partial charge is 0.337 e. The van der Waals surface area contributed by atoms with Crippen molar-refractivity contribution in [2.24, 2.45) is 0 Å². The predicted molar refractivity (Wildman–Crippen MR) is 117 cm³/mol. The first kappa shape index (κ1) is 19.4. The molecule has 4 heterocycles. The molecule has 0 unspecified atom stereocenters. The van der Waals surface area contributed by atoms with Gasteiger partial charge in [0.05, 0.1) is 12.2 Å². The average Bonchev–Trinajstić information content (AvgIpc) is 3.36. The number of imidazole rings is 1. The molecule has 8 heteroatoms. The summed E-state index contributed by atoms with van der Waals surface area (Å²) >= 11 is 0. The average molecular weight is 416 g/mol. The van der Waals surface area contributed by atoms with Crippen LogP contribution in [0, 0.1) is 6.92 Å². The number of carbonyl (C=O) groups excluding carboxylic acids is 1. The van der Waals surface area contributed by atoms with Crippen LogP contribution < -0.4 is 5.32 Å². The van der Waals surface area contributed by atoms with Crippen molar-refractivity contribution in [1.82, 2.24) is 24.4 Å². The minimum absolute atomic E-state index is 0.181. The quantitative estimate of drug-likeness (QED) is 0.527. The summed E-state index contributed by atoms with van der Waals surface area (Å²) in [5.41, 5.74) is 3.64. The Labute approximate surface area is 179 Å². The number of rotatable bonds is 5. The number of aromatic nitrogens is 4. The van der Waals surface area contributed by atoms with Crippen LogP contribution in [0.1, 0.15) is 48.3 Å². The van der Waals surface area contributed by atoms with Gasteiger partial charge in [-0.25, -0.2) is 4.98 Å². The molecule has 158 valence electrons. The van der Waals surface area contributed by atoms with E-state index in [-0.39, 0.29) is 11.9 Å². The highest BCUT2D eigenvalue weighted by atomic mass is 16.5. The van der Waals surface area contributed by atoms with E-state index >= 15 is 0 Å². The number of hydrogen-bond donors (Lipinski definition) is 1. The molecule has 5 rings (SSSR count). The van der Waals surface area contributed by atoms with Gasteiger partial charge in [-0.3, -0.25) is 14.1 Å². The Balaban J connectivity index is 1.39. The summed E-state index contributed by atoms with van der Waals surface area (Å²) in [5.74, 6) is 0.942. The summed E-state index contributed by atoms with van der Waals surface area (Å²) in [6, 6.07) is 12.0. The number of fused-ring (bicyclic) bond motifs is 1. The van der Waals surface area contributed by atoms with E-state index in [1.165, 1.54) is 0 Å². The van der Waals surface area contributed by atoms with E-state index in [4.69, 9.17) is 4.52 Å². The van der Waals surface area contributed by atoms with Crippen molar-refractivity contribution in [3.8, 4) is 11.4 Å². The number of pyridine rings is 1. The standard InChI is InChI=1S/C23H24N6O2/c1-14(2)28-11-9-18(28)23-26-21(27-31-23)16-8-7-15(3)17(12-16)25-22(30)19-13-24-20-6-4-5-10-29(19)20/h4-8,10,12-14,18H,9,11H2,1-3H3,(H,25,30)/t18-/m1/s1. The Morgan fingerprint density at radius 3 is 2.90 bits per heavy atom. The molecule has 3 aromatic heterocycles. The van der Waals surface area contributed by atoms with Crippen molar-refractivity contribution in [3.63, 3.8) is 0 Å². The van der Waals surface area contributed by atoms with Gasteiger partial charge in [0, 0.05) is 30.0 Å². The number of nitrogens with zero attached hydrogens (tertiary/aromatic N) is 5. The summed E-state index contributed by atoms with van der Waals surface area (Å²) in [6.07, 6.45) is 4.42. The fourth-order valence-corrected chi connectivity index (χ4v) is 3.96. The maximum absolute atomic E-state index is 12.9. The summed E-state index contributed by atoms with van der Waals surface area (Å²) in [5, 5.41) is 7.18. The summed E-state index contributed by atoms with van der Waals surface area (Å²) < 4.78 is 7.32. The topological polar surface area (TPSA) is 88.6 Å². The summed E-state index contributed by atoms with van der Waals surface area (Å²) in [6.45, 7) is 7.33. The number of nitrogens with one attached hydrogen (secondary N) is 1. The van der Waals surface area contributed by atoms with E-state index in [0.29, 0.717) is 29.1 Å². The Morgan fingerprint density at radius 2 is 2.13 bits per heavy atom. The van der Waals surface area contributed by atoms with Gasteiger partial charge < -0.3 is 9.84 Å². The maximum Gasteiger partial charge on any atom is 0.274 e. The summed E-state index contributed by atoms with van der Waals surface area (Å²) in [4.78, 5) is 24.2. The van der Waals surface area contributed by atoms with Gasteiger partial charge in [0.2, 0.25) is 11.7 Å². The molecule has 1 aliphatic rings. The number of benzene rings is 1. The number of likely N-dealkylation sites (tertiary alicyclic amines) is 1. The van der Waals surface area contributed by atoms with Gasteiger partial charge in [0.25, 0.3) is 5.91 Å². The highest BCUT2D eigenvalue weighted by molar-refractivity contribution is 6.04. The molecule has 1 aromatic carbocycles. The highest BCUT2D eigenvalue weighted by Crippen LogP contribution is 2.35. The molecule has 31 heavy (non-hydrogen) atoms. The van der Waals surface area contributed by atoms with E-state index in [0.717, 1.165) is 29.7 Å². The first-order chi connectivity index (χ1) is 15.0. The third-order valence-electron chi connectivity index (χ3n) is 5.84. The molecule has 1 amide bonds. The zero-order chi connectivity index (χ0) is 21.5. The third-order valence-corrected chi connectivity index (χ3v) is 5.84. The van der Waals surface area contributed by atoms with Crippen LogP contribution in [0.2, 0.25) is 0 Å². The SMILES string of the molecule is Cc1ccc(-c2noc([C@H]3CCN3C(C)C)n2)cc1NC(=O)c1cnc2ccccn12. The van der Waals surface area contributed by atoms with Gasteiger partial charge in [-0.1, -0.05) is 23.4 Å². The zero-order valence-electron chi connectivity index (χ0n) is 17.7. The molecule has 0 aliphatic carbocycles. The number of carbonyl (C=O) groups is 1. The van der Waals surface area contributed by atoms with E-state index in [1.54, 1.807) is 10.6 Å². The number of hydrogen-bond acceptors (Lipinski definition) is 6. The van der Waals surface area contributed by atoms with Crippen molar-refractivity contribution in [3.05, 3.63) is 65.9 Å². The minimum Gasteiger partial charge on any atom is -0.337 e. The Kier molecular flexibility index (Phi) is 4.78. The van der Waals surface area contributed by atoms with E-state index in [2.05, 4.69) is 39.2 Å². The minimum atomic E-state index is -0.227. The van der Waals surface area contributed by atoms with Crippen LogP contribution in [0.5, 0.6) is 0 Å². The second-order valence-corrected chi connectivity index (χ2v) is 8.15. The molecular formula is C23H24N6O2. The van der Waals surface area contributed by atoms with Gasteiger partial charge >= 0.3 is 0 Å². The van der Waals surface area contributed by atoms with Crippen molar-refractivity contribution in [1.29, 1.82) is 0 Å². The second kappa shape index (κ2) is 7.63. The van der Waals surface area contributed by atoms with E-state index in [9.17, 15) is 4.79 Å². The van der Waals surface area contributed by atoms with E-state index < -0.39 is 0 Å². The Hall–Kier alpha value is -3.52. The smallest absolute Gasteiger partial charge is 0.274 e. The van der Waals surface area contributed by atoms with Crippen LogP contribution in [0.4, 0.5) is 5.69 Å². The molecule has 1 atom stereocenters. The lowest BCUT2D eigenvalue weighted by atomic mass is 10.0. The van der Waals surface area contributed by atoms with Crippen LogP contribution in [0.25, 0.3) is 17.0 Å². The molecule has 0 saturated carbocycles. The van der Waals surface area contributed by atoms with Crippen molar-refractivity contribution in [2.75, 3.05) is 11.9 Å². The normalized spacial score (nSPS) is 16.6. The van der Waals surface area contributed by atoms with Gasteiger partial charge in [0.15, 0.2) is 0 Å². The monoisotopic (exact) mass is 416 g/mol. The van der Waals surface area contributed by atoms with E-state index in [1.807, 2.05) is 49.5 Å². The highest BCUT2D eigenvalue weighted by Gasteiger charge is 2.35. The lowest BCUT2D eigenvalue weighted by molar-refractivity contribution is 0.0339. The number of anilines is 1. The predicted octanol–water partition coefficient (Wildman–Crippen LogP) is 4.10. The lowest BCUT2D eigenvalue weighted by Gasteiger charge is -2.41. The van der Waals surface area contributed by atoms with Crippen molar-refractivity contribution >= 4 is 17.2 Å². The van der Waals surface area contributed by atoms with Gasteiger partial charge in [-0.15, -0.1) is 0 Å². The first-order valence-corrected chi connectivity index (χ1v) is 10.4. The van der Waals surface area contributed by atoms with Crippen LogP contribution in [-0.4, -0.2) is 42.9 Å². The maximum atomic E-state index is 12.9. The van der Waals surface area contributed by atoms with Crippen LogP contribution in [0.3, 0.4) is 0 Å². The molecular weight excluding hydrogens is 392 g/mol. The molecule has 1 fully saturated rings. The Bertz CT molecular complexity index is 1260. The van der Waals surface area contributed by atoms with Crippen LogP contribution in [0.15, 0.2) is 53.3 Å². The molecule has 8 nitrogen and oxygen atoms in total. The molecule has 1 aliphatic heterocycles. The van der Waals surface area contributed by atoms with Gasteiger partial charge in [-0.2, -0.15) is 4.98 Å². The fraction of sp³-hybridized carbons (Fsp3) is 0.304. The third kappa shape index (κ3) is 3.48. The molecule has 4 aromatic rings. The zero-order valence-corrected chi connectivity index (χ0v) is 17.7. The number of aryl methyl sites for hydroxylation is 1. The Morgan fingerprint density at radius 1 is 1.26 bits per heavy atom. The lowest BCUT2D eigenvalue weighted by Crippen LogP contribution is -2.45. The molecule has 0 bridgehead atoms. The molecule has 1 N–H and O–H groups in total. The molecule has 0 radical (unpaired) electrons. The van der Waals surface area contributed by atoms with Crippen molar-refractivity contribution < 1.29 is 9.32 Å². The summed E-state index contributed by atoms with van der Waals surface area (Å²) in [7, 11) is 0. The first-order valence-electron chi connectivity index (χ1n) is 10.4. The van der Waals surface area contributed by atoms with Gasteiger partial charge in [-0.05, 0) is 51.0 Å². The van der Waals surface area contributed by atoms with Crippen LogP contribution in [-0.2, 0) is 0 Å². The molecule has 1 saturated heterocycles.